The van der Waals surface area contributed by atoms with Gasteiger partial charge in [-0.2, -0.15) is 0 Å². The lowest BCUT2D eigenvalue weighted by molar-refractivity contribution is -0.142. The first kappa shape index (κ1) is 27.2. The normalized spacial score (nSPS) is 30.8. The van der Waals surface area contributed by atoms with Crippen LogP contribution < -0.4 is 10.6 Å². The number of likely N-dealkylation sites (tertiary alicyclic amines) is 1. The Morgan fingerprint density at radius 2 is 1.83 bits per heavy atom. The van der Waals surface area contributed by atoms with Gasteiger partial charge in [-0.25, -0.2) is 4.79 Å². The highest BCUT2D eigenvalue weighted by Gasteiger charge is 2.66. The number of carbonyl (C=O) groups excluding carboxylic acids is 3. The third-order valence-electron chi connectivity index (χ3n) is 8.22. The Hall–Kier alpha value is -1.86. The molecule has 1 heterocycles. The summed E-state index contributed by atoms with van der Waals surface area (Å²) in [4.78, 5) is 52.2. The van der Waals surface area contributed by atoms with Crippen molar-refractivity contribution in [3.63, 3.8) is 0 Å². The number of ether oxygens (including phenoxy) is 1. The first-order chi connectivity index (χ1) is 16.9. The van der Waals surface area contributed by atoms with Gasteiger partial charge in [0.15, 0.2) is 0 Å². The van der Waals surface area contributed by atoms with Gasteiger partial charge in [-0.3, -0.25) is 14.2 Å². The van der Waals surface area contributed by atoms with E-state index in [1.54, 1.807) is 6.08 Å². The standard InChI is InChI=1S/C26H42N3O6P/c1-5-18-15-26(18,36(33,34)16-17-12-13-17)28-22(30)20-11-8-14-29(20)23(31)21(25(2,3)4)27-24(32)35-19-9-6-7-10-19/h5,17-21H,1,6-16H2,2-4H3,(H,27,32)(H,28,30)(H,33,34)/t18-,20+,21-,26+/m1/s1. The Balaban J connectivity index is 1.45. The summed E-state index contributed by atoms with van der Waals surface area (Å²) < 4.78 is 18.9. The molecule has 0 spiro atoms. The first-order valence-corrected chi connectivity index (χ1v) is 15.3. The van der Waals surface area contributed by atoms with E-state index in [1.807, 2.05) is 20.8 Å². The minimum absolute atomic E-state index is 0.122. The van der Waals surface area contributed by atoms with Crippen molar-refractivity contribution in [1.29, 1.82) is 0 Å². The lowest BCUT2D eigenvalue weighted by atomic mass is 9.85. The molecule has 4 fully saturated rings. The van der Waals surface area contributed by atoms with E-state index in [1.165, 1.54) is 4.90 Å². The minimum atomic E-state index is -3.65. The van der Waals surface area contributed by atoms with E-state index in [0.29, 0.717) is 25.8 Å². The van der Waals surface area contributed by atoms with Crippen LogP contribution in [0.2, 0.25) is 0 Å². The summed E-state index contributed by atoms with van der Waals surface area (Å²) in [6.45, 7) is 9.77. The Morgan fingerprint density at radius 3 is 2.39 bits per heavy atom. The molecule has 4 rings (SSSR count). The zero-order valence-electron chi connectivity index (χ0n) is 21.8. The SMILES string of the molecule is C=C[C@@H]1C[C@]1(NC(=O)[C@@H]1CCCN1C(=O)[C@@H](NC(=O)OC1CCCC1)C(C)(C)C)P(=O)(O)CC1CC1. The van der Waals surface area contributed by atoms with Crippen molar-refractivity contribution < 1.29 is 28.6 Å². The maximum absolute atomic E-state index is 13.7. The maximum atomic E-state index is 13.7. The largest absolute Gasteiger partial charge is 0.446 e. The van der Waals surface area contributed by atoms with Crippen LogP contribution in [0.5, 0.6) is 0 Å². The molecule has 1 aliphatic heterocycles. The topological polar surface area (TPSA) is 125 Å². The molecule has 0 radical (unpaired) electrons. The molecule has 0 aromatic carbocycles. The number of hydrogen-bond donors (Lipinski definition) is 3. The van der Waals surface area contributed by atoms with Gasteiger partial charge >= 0.3 is 6.09 Å². The number of alkyl carbamates (subject to hydrolysis) is 1. The van der Waals surface area contributed by atoms with Crippen LogP contribution in [0.1, 0.15) is 78.6 Å². The van der Waals surface area contributed by atoms with Crippen molar-refractivity contribution in [3.8, 4) is 0 Å². The van der Waals surface area contributed by atoms with Crippen LogP contribution in [-0.4, -0.2) is 63.9 Å². The van der Waals surface area contributed by atoms with Crippen LogP contribution in [0.4, 0.5) is 4.79 Å². The van der Waals surface area contributed by atoms with Gasteiger partial charge in [-0.15, -0.1) is 6.58 Å². The molecule has 10 heteroatoms. The van der Waals surface area contributed by atoms with Crippen LogP contribution in [0.25, 0.3) is 0 Å². The fourth-order valence-electron chi connectivity index (χ4n) is 5.72. The van der Waals surface area contributed by atoms with Gasteiger partial charge in [0.25, 0.3) is 0 Å². The van der Waals surface area contributed by atoms with Crippen molar-refractivity contribution in [3.05, 3.63) is 12.7 Å². The van der Waals surface area contributed by atoms with Crippen LogP contribution in [0, 0.1) is 17.3 Å². The third-order valence-corrected chi connectivity index (χ3v) is 11.1. The molecular weight excluding hydrogens is 481 g/mol. The van der Waals surface area contributed by atoms with Gasteiger partial charge in [0, 0.05) is 18.6 Å². The van der Waals surface area contributed by atoms with E-state index < -0.39 is 42.1 Å². The summed E-state index contributed by atoms with van der Waals surface area (Å²) in [5.74, 6) is -0.751. The number of rotatable bonds is 9. The molecule has 3 N–H and O–H groups in total. The van der Waals surface area contributed by atoms with Crippen molar-refractivity contribution in [1.82, 2.24) is 15.5 Å². The number of nitrogens with one attached hydrogen (secondary N) is 2. The smallest absolute Gasteiger partial charge is 0.408 e. The predicted octanol–water partition coefficient (Wildman–Crippen LogP) is 3.76. The molecular formula is C26H42N3O6P. The molecule has 9 nitrogen and oxygen atoms in total. The molecule has 0 aromatic rings. The van der Waals surface area contributed by atoms with Crippen LogP contribution in [0.15, 0.2) is 12.7 Å². The molecule has 5 atom stereocenters. The molecule has 0 aromatic heterocycles. The van der Waals surface area contributed by atoms with Crippen LogP contribution >= 0.6 is 7.37 Å². The predicted molar refractivity (Wildman–Crippen MR) is 136 cm³/mol. The molecule has 3 saturated carbocycles. The van der Waals surface area contributed by atoms with Gasteiger partial charge in [-0.05, 0) is 69.1 Å². The van der Waals surface area contributed by atoms with E-state index >= 15 is 0 Å². The van der Waals surface area contributed by atoms with Crippen molar-refractivity contribution >= 4 is 25.3 Å². The fourth-order valence-corrected chi connectivity index (χ4v) is 8.51. The molecule has 36 heavy (non-hydrogen) atoms. The average Bonchev–Trinajstić information content (AvgIpc) is 3.60. The maximum Gasteiger partial charge on any atom is 0.408 e. The molecule has 0 bridgehead atoms. The van der Waals surface area contributed by atoms with Gasteiger partial charge in [0.05, 0.1) is 0 Å². The fraction of sp³-hybridized carbons (Fsp3) is 0.808. The Morgan fingerprint density at radius 1 is 1.17 bits per heavy atom. The van der Waals surface area contributed by atoms with Crippen LogP contribution in [0.3, 0.4) is 0 Å². The molecule has 4 aliphatic rings. The minimum Gasteiger partial charge on any atom is -0.446 e. The molecule has 202 valence electrons. The number of hydrogen-bond acceptors (Lipinski definition) is 5. The van der Waals surface area contributed by atoms with E-state index in [4.69, 9.17) is 4.74 Å². The van der Waals surface area contributed by atoms with Crippen molar-refractivity contribution in [2.45, 2.75) is 102 Å². The van der Waals surface area contributed by atoms with Gasteiger partial charge in [-0.1, -0.05) is 26.8 Å². The van der Waals surface area contributed by atoms with Crippen molar-refractivity contribution in [2.24, 2.45) is 17.3 Å². The molecule has 3 amide bonds. The summed E-state index contributed by atoms with van der Waals surface area (Å²) in [5.41, 5.74) is -0.605. The zero-order valence-corrected chi connectivity index (χ0v) is 22.7. The van der Waals surface area contributed by atoms with Gasteiger partial charge in [0.2, 0.25) is 19.2 Å². The monoisotopic (exact) mass is 523 g/mol. The lowest BCUT2D eigenvalue weighted by Gasteiger charge is -2.36. The summed E-state index contributed by atoms with van der Waals surface area (Å²) in [6.07, 6.45) is 8.24. The third kappa shape index (κ3) is 5.67. The lowest BCUT2D eigenvalue weighted by Crippen LogP contribution is -2.58. The second-order valence-corrected chi connectivity index (χ2v) is 14.8. The highest BCUT2D eigenvalue weighted by Crippen LogP contribution is 2.71. The van der Waals surface area contributed by atoms with Gasteiger partial charge in [0.1, 0.15) is 23.5 Å². The summed E-state index contributed by atoms with van der Waals surface area (Å²) in [6, 6.07) is -1.62. The summed E-state index contributed by atoms with van der Waals surface area (Å²) in [5, 5.41) is 4.49. The zero-order chi connectivity index (χ0) is 26.3. The molecule has 1 unspecified atom stereocenters. The summed E-state index contributed by atoms with van der Waals surface area (Å²) >= 11 is 0. The van der Waals surface area contributed by atoms with E-state index in [2.05, 4.69) is 17.2 Å². The molecule has 3 aliphatic carbocycles. The Kier molecular flexibility index (Phi) is 7.65. The Labute approximate surface area is 214 Å². The number of amides is 3. The quantitative estimate of drug-likeness (QED) is 0.312. The van der Waals surface area contributed by atoms with E-state index in [0.717, 1.165) is 38.5 Å². The van der Waals surface area contributed by atoms with Gasteiger partial charge < -0.3 is 25.2 Å². The highest BCUT2D eigenvalue weighted by molar-refractivity contribution is 7.60. The van der Waals surface area contributed by atoms with Crippen molar-refractivity contribution in [2.75, 3.05) is 12.7 Å². The number of carbonyl (C=O) groups is 3. The second kappa shape index (κ2) is 10.1. The number of nitrogens with zero attached hydrogens (tertiary/aromatic N) is 1. The van der Waals surface area contributed by atoms with Crippen LogP contribution in [-0.2, 0) is 18.9 Å². The summed E-state index contributed by atoms with van der Waals surface area (Å²) in [7, 11) is -3.65. The second-order valence-electron chi connectivity index (χ2n) is 12.2. The molecule has 1 saturated heterocycles. The van der Waals surface area contributed by atoms with E-state index in [9.17, 15) is 23.8 Å². The average molecular weight is 524 g/mol. The Bertz CT molecular complexity index is 938. The highest BCUT2D eigenvalue weighted by atomic mass is 31.2. The first-order valence-electron chi connectivity index (χ1n) is 13.4. The van der Waals surface area contributed by atoms with E-state index in [-0.39, 0.29) is 30.0 Å².